The van der Waals surface area contributed by atoms with Gasteiger partial charge >= 0.3 is 0 Å². The van der Waals surface area contributed by atoms with Crippen molar-refractivity contribution in [3.05, 3.63) is 22.6 Å². The van der Waals surface area contributed by atoms with Crippen LogP contribution in [0.5, 0.6) is 0 Å². The second-order valence-corrected chi connectivity index (χ2v) is 3.13. The van der Waals surface area contributed by atoms with Crippen LogP contribution in [0.3, 0.4) is 0 Å². The first kappa shape index (κ1) is 8.04. The molecular formula is C7H10IN2. The van der Waals surface area contributed by atoms with Gasteiger partial charge in [-0.2, -0.15) is 0 Å². The molecule has 1 radical (unpaired) electrons. The molecule has 0 unspecified atom stereocenters. The molecule has 0 aliphatic rings. The SMILES string of the molecule is [CH2]Cn1cc(I)nc1CC. The van der Waals surface area contributed by atoms with Crippen molar-refractivity contribution in [2.75, 3.05) is 0 Å². The summed E-state index contributed by atoms with van der Waals surface area (Å²) in [5.74, 6) is 1.12. The fourth-order valence-corrected chi connectivity index (χ4v) is 1.51. The van der Waals surface area contributed by atoms with Gasteiger partial charge in [-0.25, -0.2) is 4.98 Å². The second-order valence-electron chi connectivity index (χ2n) is 2.03. The van der Waals surface area contributed by atoms with E-state index < -0.39 is 0 Å². The Balaban J connectivity index is 2.96. The highest BCUT2D eigenvalue weighted by atomic mass is 127. The van der Waals surface area contributed by atoms with Gasteiger partial charge in [0.1, 0.15) is 9.53 Å². The van der Waals surface area contributed by atoms with Crippen molar-refractivity contribution in [1.82, 2.24) is 9.55 Å². The lowest BCUT2D eigenvalue weighted by Crippen LogP contribution is -1.98. The van der Waals surface area contributed by atoms with Gasteiger partial charge < -0.3 is 4.57 Å². The fraction of sp³-hybridized carbons (Fsp3) is 0.429. The van der Waals surface area contributed by atoms with Crippen molar-refractivity contribution in [2.24, 2.45) is 0 Å². The minimum absolute atomic E-state index is 0.777. The van der Waals surface area contributed by atoms with Gasteiger partial charge in [0.25, 0.3) is 0 Å². The number of imidazole rings is 1. The van der Waals surface area contributed by atoms with Gasteiger partial charge in [-0.1, -0.05) is 6.92 Å². The summed E-state index contributed by atoms with van der Waals surface area (Å²) in [5, 5.41) is 0. The Morgan fingerprint density at radius 3 is 2.90 bits per heavy atom. The highest BCUT2D eigenvalue weighted by molar-refractivity contribution is 14.1. The summed E-state index contributed by atoms with van der Waals surface area (Å²) in [7, 11) is 0. The monoisotopic (exact) mass is 249 g/mol. The summed E-state index contributed by atoms with van der Waals surface area (Å²) in [6.45, 7) is 6.68. The van der Waals surface area contributed by atoms with Crippen LogP contribution in [-0.2, 0) is 13.0 Å². The maximum atomic E-state index is 4.31. The predicted octanol–water partition coefficient (Wildman–Crippen LogP) is 1.88. The van der Waals surface area contributed by atoms with Gasteiger partial charge in [0.2, 0.25) is 0 Å². The molecule has 10 heavy (non-hydrogen) atoms. The fourth-order valence-electron chi connectivity index (χ4n) is 0.895. The van der Waals surface area contributed by atoms with Gasteiger partial charge in [-0.05, 0) is 29.5 Å². The molecule has 0 amide bonds. The highest BCUT2D eigenvalue weighted by Gasteiger charge is 2.00. The Labute approximate surface area is 74.8 Å². The van der Waals surface area contributed by atoms with Crippen molar-refractivity contribution in [1.29, 1.82) is 0 Å². The Bertz CT molecular complexity index is 196. The maximum Gasteiger partial charge on any atom is 0.119 e. The lowest BCUT2D eigenvalue weighted by atomic mass is 10.4. The zero-order chi connectivity index (χ0) is 7.56. The van der Waals surface area contributed by atoms with E-state index in [2.05, 4.69) is 46.0 Å². The third-order valence-electron chi connectivity index (χ3n) is 1.39. The minimum Gasteiger partial charge on any atom is -0.334 e. The summed E-state index contributed by atoms with van der Waals surface area (Å²) >= 11 is 2.21. The third-order valence-corrected chi connectivity index (χ3v) is 1.91. The quantitative estimate of drug-likeness (QED) is 0.732. The van der Waals surface area contributed by atoms with Crippen LogP contribution in [-0.4, -0.2) is 9.55 Å². The third kappa shape index (κ3) is 1.51. The summed E-state index contributed by atoms with van der Waals surface area (Å²) in [4.78, 5) is 4.31. The van der Waals surface area contributed by atoms with Crippen molar-refractivity contribution in [3.63, 3.8) is 0 Å². The van der Waals surface area contributed by atoms with E-state index in [9.17, 15) is 0 Å². The smallest absolute Gasteiger partial charge is 0.119 e. The molecule has 0 aliphatic heterocycles. The summed E-state index contributed by atoms with van der Waals surface area (Å²) in [5.41, 5.74) is 0. The first-order valence-corrected chi connectivity index (χ1v) is 4.36. The van der Waals surface area contributed by atoms with Crippen LogP contribution in [0.2, 0.25) is 0 Å². The first-order chi connectivity index (χ1) is 4.77. The molecule has 0 saturated carbocycles. The van der Waals surface area contributed by atoms with Crippen molar-refractivity contribution < 1.29 is 0 Å². The van der Waals surface area contributed by atoms with Gasteiger partial charge in [0, 0.05) is 19.2 Å². The van der Waals surface area contributed by atoms with Crippen LogP contribution in [0.1, 0.15) is 12.7 Å². The molecule has 2 nitrogen and oxygen atoms in total. The Kier molecular flexibility index (Phi) is 2.71. The summed E-state index contributed by atoms with van der Waals surface area (Å²) < 4.78 is 3.12. The molecule has 1 aromatic heterocycles. The van der Waals surface area contributed by atoms with Gasteiger partial charge in [-0.15, -0.1) is 0 Å². The largest absolute Gasteiger partial charge is 0.334 e. The average Bonchev–Trinajstić information content (AvgIpc) is 2.30. The van der Waals surface area contributed by atoms with E-state index in [0.717, 1.165) is 22.5 Å². The van der Waals surface area contributed by atoms with Crippen LogP contribution in [0, 0.1) is 10.6 Å². The first-order valence-electron chi connectivity index (χ1n) is 3.28. The zero-order valence-corrected chi connectivity index (χ0v) is 8.13. The molecule has 0 spiro atoms. The molecule has 0 N–H and O–H groups in total. The predicted molar refractivity (Wildman–Crippen MR) is 49.7 cm³/mol. The van der Waals surface area contributed by atoms with Crippen molar-refractivity contribution in [3.8, 4) is 0 Å². The van der Waals surface area contributed by atoms with Gasteiger partial charge in [0.05, 0.1) is 0 Å². The number of aromatic nitrogens is 2. The van der Waals surface area contributed by atoms with Crippen LogP contribution in [0.4, 0.5) is 0 Å². The molecule has 1 heterocycles. The van der Waals surface area contributed by atoms with E-state index in [4.69, 9.17) is 0 Å². The Hall–Kier alpha value is -0.0600. The number of halogens is 1. The molecule has 0 saturated heterocycles. The molecule has 0 aliphatic carbocycles. The van der Waals surface area contributed by atoms with E-state index in [0.29, 0.717) is 0 Å². The lowest BCUT2D eigenvalue weighted by molar-refractivity contribution is 0.745. The molecule has 1 rings (SSSR count). The maximum absolute atomic E-state index is 4.31. The van der Waals surface area contributed by atoms with Gasteiger partial charge in [-0.3, -0.25) is 0 Å². The molecular weight excluding hydrogens is 239 g/mol. The van der Waals surface area contributed by atoms with E-state index in [1.807, 2.05) is 6.20 Å². The van der Waals surface area contributed by atoms with Crippen LogP contribution in [0.15, 0.2) is 6.20 Å². The standard InChI is InChI=1S/C7H10IN2/c1-3-7-9-6(8)5-10(7)4-2/h5H,2-4H2,1H3. The molecule has 0 fully saturated rings. The van der Waals surface area contributed by atoms with E-state index in [-0.39, 0.29) is 0 Å². The number of rotatable bonds is 2. The Morgan fingerprint density at radius 1 is 1.80 bits per heavy atom. The molecule has 0 bridgehead atoms. The molecule has 0 atom stereocenters. The van der Waals surface area contributed by atoms with Crippen molar-refractivity contribution in [2.45, 2.75) is 19.9 Å². The minimum atomic E-state index is 0.777. The summed E-state index contributed by atoms with van der Waals surface area (Å²) in [6, 6.07) is 0. The molecule has 3 heteroatoms. The topological polar surface area (TPSA) is 17.8 Å². The molecule has 1 aromatic rings. The average molecular weight is 249 g/mol. The summed E-state index contributed by atoms with van der Waals surface area (Å²) in [6.07, 6.45) is 3.00. The van der Waals surface area contributed by atoms with Crippen LogP contribution >= 0.6 is 22.6 Å². The lowest BCUT2D eigenvalue weighted by Gasteiger charge is -1.98. The van der Waals surface area contributed by atoms with Crippen molar-refractivity contribution >= 4 is 22.6 Å². The normalized spacial score (nSPS) is 10.3. The zero-order valence-electron chi connectivity index (χ0n) is 5.97. The van der Waals surface area contributed by atoms with E-state index in [1.165, 1.54) is 0 Å². The number of hydrogen-bond donors (Lipinski definition) is 0. The molecule has 0 aromatic carbocycles. The van der Waals surface area contributed by atoms with Crippen LogP contribution in [0.25, 0.3) is 0 Å². The number of aryl methyl sites for hydroxylation is 1. The second kappa shape index (κ2) is 3.37. The van der Waals surface area contributed by atoms with Crippen LogP contribution < -0.4 is 0 Å². The van der Waals surface area contributed by atoms with E-state index >= 15 is 0 Å². The number of nitrogens with zero attached hydrogens (tertiary/aromatic N) is 2. The molecule has 55 valence electrons. The number of hydrogen-bond acceptors (Lipinski definition) is 1. The van der Waals surface area contributed by atoms with E-state index in [1.54, 1.807) is 0 Å². The van der Waals surface area contributed by atoms with Gasteiger partial charge in [0.15, 0.2) is 0 Å². The highest BCUT2D eigenvalue weighted by Crippen LogP contribution is 2.05. The Morgan fingerprint density at radius 2 is 2.50 bits per heavy atom.